The van der Waals surface area contributed by atoms with E-state index in [1.165, 1.54) is 0 Å². The molecule has 0 unspecified atom stereocenters. The van der Waals surface area contributed by atoms with Crippen molar-refractivity contribution in [3.05, 3.63) is 267 Å². The molecule has 12 rings (SSSR count). The highest BCUT2D eigenvalue weighted by atomic mass is 35.5. The second-order valence-electron chi connectivity index (χ2n) is 24.2. The smallest absolute Gasteiger partial charge is 0.338 e. The van der Waals surface area contributed by atoms with Crippen LogP contribution in [0.4, 0.5) is 17.1 Å². The number of nitrogens with zero attached hydrogens (tertiary/aromatic N) is 3. The molecule has 3 aliphatic rings. The van der Waals surface area contributed by atoms with E-state index in [0.717, 1.165) is 145 Å². The van der Waals surface area contributed by atoms with Gasteiger partial charge in [-0.2, -0.15) is 0 Å². The molecular weight excluding hydrogens is 1270 g/mol. The molecular formula is C81H82Cl3N3O9. The molecule has 0 aliphatic carbocycles. The van der Waals surface area contributed by atoms with E-state index in [0.29, 0.717) is 51.6 Å². The van der Waals surface area contributed by atoms with E-state index in [-0.39, 0.29) is 41.4 Å². The van der Waals surface area contributed by atoms with Gasteiger partial charge in [0.15, 0.2) is 5.78 Å². The fourth-order valence-corrected chi connectivity index (χ4v) is 13.4. The Bertz CT molecular complexity index is 3820. The Balaban J connectivity index is 0.000000157. The number of halogens is 3. The maximum Gasteiger partial charge on any atom is 0.338 e. The fraction of sp³-hybridized carbons (Fsp3) is 0.284. The van der Waals surface area contributed by atoms with Crippen molar-refractivity contribution >= 4 is 75.6 Å². The first-order chi connectivity index (χ1) is 46.7. The number of ether oxygens (including phenoxy) is 3. The molecule has 3 saturated heterocycles. The number of aliphatic hydroxyl groups is 2. The van der Waals surface area contributed by atoms with Crippen LogP contribution >= 0.6 is 34.8 Å². The third-order valence-corrected chi connectivity index (χ3v) is 19.0. The molecule has 9 aromatic rings. The first-order valence-electron chi connectivity index (χ1n) is 33.2. The number of hydrogen-bond acceptors (Lipinski definition) is 12. The lowest BCUT2D eigenvalue weighted by atomic mass is 9.84. The van der Waals surface area contributed by atoms with E-state index in [1.807, 2.05) is 194 Å². The molecule has 0 saturated carbocycles. The van der Waals surface area contributed by atoms with Gasteiger partial charge in [0.05, 0.1) is 48.7 Å². The average Bonchev–Trinajstić information content (AvgIpc) is 0.917. The first-order valence-corrected chi connectivity index (χ1v) is 34.3. The summed E-state index contributed by atoms with van der Waals surface area (Å²) < 4.78 is 15.2. The molecule has 0 radical (unpaired) electrons. The second-order valence-corrected chi connectivity index (χ2v) is 25.5. The number of Topliss-reactive ketones (excluding diaryl/α,β-unsaturated/α-hetero) is 1. The Kier molecular flexibility index (Phi) is 25.0. The maximum atomic E-state index is 13.4. The number of aliphatic hydroxyl groups excluding tert-OH is 2. The summed E-state index contributed by atoms with van der Waals surface area (Å²) in [4.78, 5) is 55.8. The third kappa shape index (κ3) is 18.0. The number of carbonyl (C=O) groups is 4. The van der Waals surface area contributed by atoms with Crippen molar-refractivity contribution in [3.63, 3.8) is 0 Å². The second kappa shape index (κ2) is 34.3. The SMILES string of the molecule is CCOC(=O)c1ccc(N2CCC(C(=O)c3ccccc3-c3ccc(Cl)cc3)CC2)cc1.CCOC(=O)c1ccc(N2CCC([C@@H](O)c3ccccc3-c3ccc(Cl)cc3)CC2)cc1.CCOC(=O)c1ccc(N2CCC([C@H](O)c3ccccc3-c3ccc(Cl)cc3)CC2)cc1. The Morgan fingerprint density at radius 3 is 0.979 bits per heavy atom. The fourth-order valence-electron chi connectivity index (χ4n) is 13.0. The molecule has 15 heteroatoms. The predicted molar refractivity (Wildman–Crippen MR) is 387 cm³/mol. The highest BCUT2D eigenvalue weighted by Gasteiger charge is 2.31. The van der Waals surface area contributed by atoms with Crippen LogP contribution in [0.2, 0.25) is 15.1 Å². The third-order valence-electron chi connectivity index (χ3n) is 18.3. The minimum atomic E-state index is -0.518. The topological polar surface area (TPSA) is 146 Å². The van der Waals surface area contributed by atoms with Gasteiger partial charge >= 0.3 is 17.9 Å². The quantitative estimate of drug-likeness (QED) is 0.0479. The number of piperidine rings is 3. The minimum Gasteiger partial charge on any atom is -0.462 e. The van der Waals surface area contributed by atoms with Gasteiger partial charge in [-0.3, -0.25) is 4.79 Å². The number of carbonyl (C=O) groups excluding carboxylic acids is 4. The van der Waals surface area contributed by atoms with Gasteiger partial charge < -0.3 is 39.1 Å². The Morgan fingerprint density at radius 2 is 0.656 bits per heavy atom. The van der Waals surface area contributed by atoms with E-state index < -0.39 is 12.2 Å². The van der Waals surface area contributed by atoms with Gasteiger partial charge in [-0.1, -0.05) is 144 Å². The lowest BCUT2D eigenvalue weighted by Gasteiger charge is -2.36. The summed E-state index contributed by atoms with van der Waals surface area (Å²) in [7, 11) is 0. The van der Waals surface area contributed by atoms with Gasteiger partial charge in [-0.05, 0) is 225 Å². The summed E-state index contributed by atoms with van der Waals surface area (Å²) in [5, 5.41) is 24.6. The Labute approximate surface area is 579 Å². The summed E-state index contributed by atoms with van der Waals surface area (Å²) in [5.74, 6) is -0.299. The summed E-state index contributed by atoms with van der Waals surface area (Å²) in [5.41, 5.74) is 13.8. The maximum absolute atomic E-state index is 13.4. The summed E-state index contributed by atoms with van der Waals surface area (Å²) >= 11 is 18.1. The van der Waals surface area contributed by atoms with Gasteiger partial charge in [0.1, 0.15) is 0 Å². The minimum absolute atomic E-state index is 0.00138. The van der Waals surface area contributed by atoms with Gasteiger partial charge in [-0.15, -0.1) is 0 Å². The zero-order valence-corrected chi connectivity index (χ0v) is 56.8. The van der Waals surface area contributed by atoms with Crippen molar-refractivity contribution < 1.29 is 43.6 Å². The monoisotopic (exact) mass is 1350 g/mol. The van der Waals surface area contributed by atoms with Crippen molar-refractivity contribution in [1.82, 2.24) is 0 Å². The first kappa shape index (κ1) is 70.1. The van der Waals surface area contributed by atoms with Crippen LogP contribution in [0.1, 0.15) is 124 Å². The van der Waals surface area contributed by atoms with Crippen molar-refractivity contribution in [1.29, 1.82) is 0 Å². The highest BCUT2D eigenvalue weighted by molar-refractivity contribution is 6.31. The molecule has 0 aromatic heterocycles. The van der Waals surface area contributed by atoms with E-state index in [9.17, 15) is 29.4 Å². The molecule has 96 heavy (non-hydrogen) atoms. The molecule has 496 valence electrons. The van der Waals surface area contributed by atoms with Crippen LogP contribution in [0.3, 0.4) is 0 Å². The molecule has 0 bridgehead atoms. The summed E-state index contributed by atoms with van der Waals surface area (Å²) in [6.07, 6.45) is 4.16. The number of anilines is 3. The molecule has 0 spiro atoms. The Hall–Kier alpha value is -8.75. The van der Waals surface area contributed by atoms with Crippen molar-refractivity contribution in [3.8, 4) is 33.4 Å². The van der Waals surface area contributed by atoms with Crippen LogP contribution in [0.5, 0.6) is 0 Å². The van der Waals surface area contributed by atoms with Crippen LogP contribution in [-0.2, 0) is 14.2 Å². The molecule has 3 aliphatic heterocycles. The van der Waals surface area contributed by atoms with Crippen LogP contribution in [0.25, 0.3) is 33.4 Å². The van der Waals surface area contributed by atoms with E-state index in [2.05, 4.69) is 26.8 Å². The normalized spacial score (nSPS) is 15.0. The van der Waals surface area contributed by atoms with Gasteiger partial charge in [-0.25, -0.2) is 14.4 Å². The number of hydrogen-bond donors (Lipinski definition) is 2. The van der Waals surface area contributed by atoms with Crippen LogP contribution in [0.15, 0.2) is 218 Å². The van der Waals surface area contributed by atoms with Gasteiger partial charge in [0.25, 0.3) is 0 Å². The lowest BCUT2D eigenvalue weighted by molar-refractivity contribution is 0.0517. The molecule has 3 fully saturated rings. The highest BCUT2D eigenvalue weighted by Crippen LogP contribution is 2.40. The molecule has 9 aromatic carbocycles. The molecule has 3 heterocycles. The van der Waals surface area contributed by atoms with Crippen molar-refractivity contribution in [2.24, 2.45) is 17.8 Å². The number of rotatable bonds is 18. The molecule has 2 N–H and O–H groups in total. The molecule has 0 amide bonds. The van der Waals surface area contributed by atoms with Gasteiger partial charge in [0.2, 0.25) is 0 Å². The summed E-state index contributed by atoms with van der Waals surface area (Å²) in [6.45, 7) is 11.6. The zero-order chi connectivity index (χ0) is 67.5. The van der Waals surface area contributed by atoms with Crippen molar-refractivity contribution in [2.75, 3.05) is 73.8 Å². The number of esters is 3. The predicted octanol–water partition coefficient (Wildman–Crippen LogP) is 18.6. The van der Waals surface area contributed by atoms with Gasteiger partial charge in [0, 0.05) is 82.9 Å². The van der Waals surface area contributed by atoms with Crippen LogP contribution in [0, 0.1) is 17.8 Å². The van der Waals surface area contributed by atoms with Crippen molar-refractivity contribution in [2.45, 2.75) is 71.5 Å². The molecule has 2 atom stereocenters. The zero-order valence-electron chi connectivity index (χ0n) is 54.5. The lowest BCUT2D eigenvalue weighted by Crippen LogP contribution is -2.36. The van der Waals surface area contributed by atoms with E-state index in [1.54, 1.807) is 32.9 Å². The largest absolute Gasteiger partial charge is 0.462 e. The number of ketones is 1. The van der Waals surface area contributed by atoms with Crippen LogP contribution in [-0.4, -0.2) is 93.0 Å². The van der Waals surface area contributed by atoms with E-state index in [4.69, 9.17) is 49.0 Å². The van der Waals surface area contributed by atoms with E-state index >= 15 is 0 Å². The standard InChI is InChI=1S/2C27H28ClNO3.C27H26ClNO3/c3*1-2-32-27(31)21-9-13-23(14-10-21)29-17-15-20(16-18-29)26(30)25-6-4-3-5-24(25)19-7-11-22(28)12-8-19/h2*3-14,20,26,30H,2,15-18H2,1H3;3-14,20H,2,15-18H2,1H3/t2*26-;/m10./s1. The molecule has 12 nitrogen and oxygen atoms in total. The number of benzene rings is 9. The Morgan fingerprint density at radius 1 is 0.375 bits per heavy atom. The summed E-state index contributed by atoms with van der Waals surface area (Å²) in [6, 6.07) is 69.7. The average molecular weight is 1350 g/mol. The van der Waals surface area contributed by atoms with Crippen LogP contribution < -0.4 is 14.7 Å².